The van der Waals surface area contributed by atoms with Crippen molar-refractivity contribution < 1.29 is 33.6 Å². The van der Waals surface area contributed by atoms with E-state index < -0.39 is 22.4 Å². The molecule has 6 fully saturated rings. The van der Waals surface area contributed by atoms with Gasteiger partial charge in [-0.15, -0.1) is 0 Å². The van der Waals surface area contributed by atoms with Crippen molar-refractivity contribution in [1.82, 2.24) is 14.7 Å². The number of nitrogens with zero attached hydrogens (tertiary/aromatic N) is 3. The standard InChI is InChI=1S/C34H42N4O7/c1-19(2)32-27(44-32)28-34(45-28)30(3)7-6-22-23(17-42-29(22)39)24(30)15-26-33(34,43-26)31(32,40)18-35-21-4-5-25-20(14-21)16-36-38(25)9-8-37-10-12-41-13-11-37/h4-5,14,16,19,24,26-28,35,40H,6-13,15,17-18H2,1-3H3/t24-,26-,27-,28-,30-,31-,32-,33+,34+/m0/s1. The summed E-state index contributed by atoms with van der Waals surface area (Å²) in [6, 6.07) is 6.31. The molecule has 0 amide bonds. The molecule has 0 radical (unpaired) electrons. The maximum absolute atomic E-state index is 13.2. The van der Waals surface area contributed by atoms with Crippen molar-refractivity contribution in [3.63, 3.8) is 0 Å². The van der Waals surface area contributed by atoms with Crippen molar-refractivity contribution in [1.29, 1.82) is 0 Å². The second-order valence-electron chi connectivity index (χ2n) is 15.2. The number of rotatable bonds is 7. The van der Waals surface area contributed by atoms with E-state index in [-0.39, 0.29) is 48.1 Å². The first kappa shape index (κ1) is 27.6. The summed E-state index contributed by atoms with van der Waals surface area (Å²) in [5, 5.41) is 22.6. The summed E-state index contributed by atoms with van der Waals surface area (Å²) >= 11 is 0. The van der Waals surface area contributed by atoms with Gasteiger partial charge in [0.1, 0.15) is 35.6 Å². The summed E-state index contributed by atoms with van der Waals surface area (Å²) in [4.78, 5) is 14.9. The molecule has 9 atom stereocenters. The zero-order valence-electron chi connectivity index (χ0n) is 26.2. The topological polar surface area (TPSA) is 126 Å². The quantitative estimate of drug-likeness (QED) is 0.353. The van der Waals surface area contributed by atoms with Crippen LogP contribution in [0, 0.1) is 17.3 Å². The molecule has 10 rings (SSSR count). The number of aliphatic hydroxyl groups is 1. The average Bonchev–Trinajstić information content (AvgIpc) is 3.97. The first-order chi connectivity index (χ1) is 21.7. The van der Waals surface area contributed by atoms with E-state index in [1.165, 1.54) is 0 Å². The zero-order valence-corrected chi connectivity index (χ0v) is 26.2. The van der Waals surface area contributed by atoms with Crippen molar-refractivity contribution in [2.24, 2.45) is 17.3 Å². The molecule has 11 nitrogen and oxygen atoms in total. The lowest BCUT2D eigenvalue weighted by molar-refractivity contribution is -0.159. The summed E-state index contributed by atoms with van der Waals surface area (Å²) in [5.41, 5.74) is 0.0742. The predicted molar refractivity (Wildman–Crippen MR) is 162 cm³/mol. The van der Waals surface area contributed by atoms with Gasteiger partial charge in [-0.05, 0) is 54.9 Å². The smallest absolute Gasteiger partial charge is 0.334 e. The Kier molecular flexibility index (Phi) is 5.31. The van der Waals surface area contributed by atoms with Crippen LogP contribution in [0.15, 0.2) is 35.5 Å². The summed E-state index contributed by atoms with van der Waals surface area (Å²) in [5.74, 6) is 0.0256. The lowest BCUT2D eigenvalue weighted by Gasteiger charge is -2.56. The molecule has 8 aliphatic rings. The number of hydrogen-bond donors (Lipinski definition) is 2. The molecular formula is C34H42N4O7. The Morgan fingerprint density at radius 3 is 2.78 bits per heavy atom. The van der Waals surface area contributed by atoms with E-state index in [0.29, 0.717) is 13.0 Å². The SMILES string of the molecule is CC(C)[C@]12O[C@H]1[C@@H]1O[C@]13[C@]1(O[C@H]1C[C@H]1C4=C(CC[C@@]13C)C(=O)OC4)[C@]2(O)CNc1ccc2c(cnn2CCN2CCOCC2)c1. The van der Waals surface area contributed by atoms with Crippen LogP contribution in [-0.4, -0.2) is 112 Å². The molecule has 1 aromatic carbocycles. The van der Waals surface area contributed by atoms with Crippen LogP contribution in [0.3, 0.4) is 0 Å². The highest BCUT2D eigenvalue weighted by molar-refractivity contribution is 5.92. The van der Waals surface area contributed by atoms with Crippen molar-refractivity contribution in [3.05, 3.63) is 35.5 Å². The minimum absolute atomic E-state index is 0.0648. The van der Waals surface area contributed by atoms with E-state index in [1.807, 2.05) is 6.20 Å². The number of carbonyl (C=O) groups excluding carboxylic acids is 1. The second-order valence-corrected chi connectivity index (χ2v) is 15.2. The molecule has 45 heavy (non-hydrogen) atoms. The Morgan fingerprint density at radius 1 is 1.11 bits per heavy atom. The number of esters is 1. The summed E-state index contributed by atoms with van der Waals surface area (Å²) in [7, 11) is 0. The summed E-state index contributed by atoms with van der Waals surface area (Å²) in [6.45, 7) is 12.5. The number of aromatic nitrogens is 2. The molecule has 2 N–H and O–H groups in total. The molecule has 0 bridgehead atoms. The van der Waals surface area contributed by atoms with Crippen LogP contribution in [-0.2, 0) is 35.0 Å². The highest BCUT2D eigenvalue weighted by Gasteiger charge is 3.04. The molecule has 240 valence electrons. The fourth-order valence-electron chi connectivity index (χ4n) is 11.0. The third-order valence-corrected chi connectivity index (χ3v) is 13.3. The van der Waals surface area contributed by atoms with Gasteiger partial charge in [0.15, 0.2) is 5.60 Å². The van der Waals surface area contributed by atoms with Crippen LogP contribution in [0.25, 0.3) is 10.9 Å². The number of epoxide rings is 3. The van der Waals surface area contributed by atoms with Crippen LogP contribution < -0.4 is 5.32 Å². The van der Waals surface area contributed by atoms with E-state index in [4.69, 9.17) is 23.7 Å². The summed E-state index contributed by atoms with van der Waals surface area (Å²) < 4.78 is 33.4. The number of anilines is 1. The lowest BCUT2D eigenvalue weighted by atomic mass is 9.44. The number of morpholine rings is 1. The highest BCUT2D eigenvalue weighted by Crippen LogP contribution is 2.85. The van der Waals surface area contributed by atoms with Gasteiger partial charge in [-0.2, -0.15) is 5.10 Å². The molecule has 2 saturated carbocycles. The van der Waals surface area contributed by atoms with Crippen LogP contribution in [0.1, 0.15) is 40.0 Å². The van der Waals surface area contributed by atoms with E-state index in [0.717, 1.165) is 80.0 Å². The van der Waals surface area contributed by atoms with Crippen LogP contribution in [0.5, 0.6) is 0 Å². The number of fused-ring (bicyclic) bond motifs is 5. The first-order valence-corrected chi connectivity index (χ1v) is 16.8. The molecule has 1 aromatic heterocycles. The molecule has 2 spiro atoms. The van der Waals surface area contributed by atoms with Gasteiger partial charge in [0.25, 0.3) is 0 Å². The van der Waals surface area contributed by atoms with E-state index in [9.17, 15) is 9.90 Å². The minimum Gasteiger partial charge on any atom is -0.458 e. The zero-order chi connectivity index (χ0) is 30.6. The molecule has 6 heterocycles. The Labute approximate surface area is 262 Å². The maximum atomic E-state index is 13.2. The maximum Gasteiger partial charge on any atom is 0.334 e. The number of cyclic esters (lactones) is 1. The molecule has 5 aliphatic heterocycles. The normalized spacial score (nSPS) is 45.7. The average molecular weight is 619 g/mol. The van der Waals surface area contributed by atoms with Gasteiger partial charge in [0, 0.05) is 48.2 Å². The van der Waals surface area contributed by atoms with E-state index >= 15 is 0 Å². The largest absolute Gasteiger partial charge is 0.458 e. The number of hydrogen-bond acceptors (Lipinski definition) is 10. The fourth-order valence-corrected chi connectivity index (χ4v) is 11.0. The minimum atomic E-state index is -1.32. The molecule has 3 aliphatic carbocycles. The number of benzene rings is 1. The molecule has 4 saturated heterocycles. The second kappa shape index (κ2) is 8.67. The molecule has 11 heteroatoms. The molecular weight excluding hydrogens is 576 g/mol. The fraction of sp³-hybridized carbons (Fsp3) is 0.706. The van der Waals surface area contributed by atoms with Gasteiger partial charge in [0.2, 0.25) is 0 Å². The Bertz CT molecular complexity index is 1670. The first-order valence-electron chi connectivity index (χ1n) is 16.8. The number of nitrogens with one attached hydrogen (secondary N) is 1. The van der Waals surface area contributed by atoms with Gasteiger partial charge >= 0.3 is 5.97 Å². The van der Waals surface area contributed by atoms with E-state index in [1.54, 1.807) is 0 Å². The summed E-state index contributed by atoms with van der Waals surface area (Å²) in [6.07, 6.45) is 3.65. The van der Waals surface area contributed by atoms with Crippen LogP contribution in [0.2, 0.25) is 0 Å². The highest BCUT2D eigenvalue weighted by atomic mass is 16.7. The molecule has 0 unspecified atom stereocenters. The molecule has 2 aromatic rings. The van der Waals surface area contributed by atoms with E-state index in [2.05, 4.69) is 59.0 Å². The van der Waals surface area contributed by atoms with Gasteiger partial charge in [0.05, 0.1) is 37.6 Å². The van der Waals surface area contributed by atoms with Crippen LogP contribution >= 0.6 is 0 Å². The van der Waals surface area contributed by atoms with Gasteiger partial charge in [-0.25, -0.2) is 4.79 Å². The van der Waals surface area contributed by atoms with Crippen molar-refractivity contribution in [2.45, 2.75) is 87.3 Å². The Morgan fingerprint density at radius 2 is 1.96 bits per heavy atom. The number of carbonyl (C=O) groups is 1. The number of ether oxygens (including phenoxy) is 5. The van der Waals surface area contributed by atoms with Gasteiger partial charge in [-0.1, -0.05) is 20.8 Å². The van der Waals surface area contributed by atoms with Gasteiger partial charge in [-0.3, -0.25) is 9.58 Å². The third kappa shape index (κ3) is 3.09. The lowest BCUT2D eigenvalue weighted by Crippen LogP contribution is -2.77. The Hall–Kier alpha value is -2.54. The predicted octanol–water partition coefficient (Wildman–Crippen LogP) is 2.27. The van der Waals surface area contributed by atoms with Gasteiger partial charge < -0.3 is 34.1 Å². The van der Waals surface area contributed by atoms with Crippen LogP contribution in [0.4, 0.5) is 5.69 Å². The van der Waals surface area contributed by atoms with Crippen molar-refractivity contribution in [2.75, 3.05) is 51.3 Å². The Balaban J connectivity index is 0.959. The van der Waals surface area contributed by atoms with Crippen molar-refractivity contribution >= 4 is 22.6 Å². The monoisotopic (exact) mass is 618 g/mol. The third-order valence-electron chi connectivity index (χ3n) is 13.3. The van der Waals surface area contributed by atoms with Crippen molar-refractivity contribution in [3.8, 4) is 0 Å².